The fourth-order valence-electron chi connectivity index (χ4n) is 2.13. The van der Waals surface area contributed by atoms with Crippen LogP contribution in [0.25, 0.3) is 0 Å². The Morgan fingerprint density at radius 2 is 1.90 bits per heavy atom. The molecule has 1 aromatic carbocycles. The van der Waals surface area contributed by atoms with Gasteiger partial charge < -0.3 is 5.32 Å². The van der Waals surface area contributed by atoms with E-state index in [0.717, 1.165) is 31.9 Å². The molecule has 3 nitrogen and oxygen atoms in total. The molecule has 0 radical (unpaired) electrons. The summed E-state index contributed by atoms with van der Waals surface area (Å²) in [4.78, 5) is 6.61. The number of aromatic nitrogens is 1. The molecule has 0 amide bonds. The number of thiazole rings is 1. The Morgan fingerprint density at radius 3 is 2.55 bits per heavy atom. The average Bonchev–Trinajstić information content (AvgIpc) is 2.94. The number of hydrogen-bond acceptors (Lipinski definition) is 4. The van der Waals surface area contributed by atoms with Crippen molar-refractivity contribution in [3.05, 3.63) is 52.0 Å². The predicted octanol–water partition coefficient (Wildman–Crippen LogP) is 3.27. The van der Waals surface area contributed by atoms with Crippen molar-refractivity contribution in [2.24, 2.45) is 0 Å². The third-order valence-electron chi connectivity index (χ3n) is 3.15. The van der Waals surface area contributed by atoms with E-state index in [4.69, 9.17) is 0 Å². The molecule has 2 aromatic rings. The zero-order chi connectivity index (χ0) is 14.2. The molecule has 108 valence electrons. The smallest absolute Gasteiger partial charge is 0.0795 e. The van der Waals surface area contributed by atoms with Crippen molar-refractivity contribution in [1.29, 1.82) is 0 Å². The molecule has 0 fully saturated rings. The fourth-order valence-corrected chi connectivity index (χ4v) is 2.68. The number of hydrogen-bond donors (Lipinski definition) is 1. The summed E-state index contributed by atoms with van der Waals surface area (Å²) in [5.74, 6) is 0. The molecule has 2 rings (SSSR count). The van der Waals surface area contributed by atoms with E-state index in [9.17, 15) is 0 Å². The summed E-state index contributed by atoms with van der Waals surface area (Å²) in [5.41, 5.74) is 5.74. The Balaban J connectivity index is 1.80. The van der Waals surface area contributed by atoms with Crippen LogP contribution in [-0.4, -0.2) is 23.5 Å². The second kappa shape index (κ2) is 8.15. The summed E-state index contributed by atoms with van der Waals surface area (Å²) in [6.45, 7) is 6.10. The highest BCUT2D eigenvalue weighted by atomic mass is 32.1. The number of nitrogens with one attached hydrogen (secondary N) is 1. The van der Waals surface area contributed by atoms with Crippen molar-refractivity contribution >= 4 is 11.3 Å². The van der Waals surface area contributed by atoms with Gasteiger partial charge in [0.1, 0.15) is 0 Å². The van der Waals surface area contributed by atoms with Gasteiger partial charge in [-0.2, -0.15) is 0 Å². The number of rotatable bonds is 8. The van der Waals surface area contributed by atoms with Crippen molar-refractivity contribution < 1.29 is 0 Å². The Kier molecular flexibility index (Phi) is 6.18. The third kappa shape index (κ3) is 5.04. The van der Waals surface area contributed by atoms with E-state index in [1.54, 1.807) is 11.3 Å². The van der Waals surface area contributed by atoms with Crippen LogP contribution < -0.4 is 5.32 Å². The maximum absolute atomic E-state index is 4.32. The van der Waals surface area contributed by atoms with Gasteiger partial charge in [0.15, 0.2) is 0 Å². The van der Waals surface area contributed by atoms with E-state index in [1.807, 2.05) is 5.51 Å². The molecule has 1 N–H and O–H groups in total. The summed E-state index contributed by atoms with van der Waals surface area (Å²) in [6.07, 6.45) is 1.18. The van der Waals surface area contributed by atoms with Gasteiger partial charge in [-0.1, -0.05) is 31.2 Å². The zero-order valence-corrected chi connectivity index (χ0v) is 13.1. The molecule has 1 heterocycles. The lowest BCUT2D eigenvalue weighted by Gasteiger charge is -2.15. The van der Waals surface area contributed by atoms with E-state index < -0.39 is 0 Å². The topological polar surface area (TPSA) is 28.2 Å². The van der Waals surface area contributed by atoms with Crippen LogP contribution in [0.4, 0.5) is 0 Å². The van der Waals surface area contributed by atoms with Gasteiger partial charge in [0.05, 0.1) is 11.2 Å². The van der Waals surface area contributed by atoms with Crippen molar-refractivity contribution in [3.8, 4) is 0 Å². The number of benzene rings is 1. The average molecular weight is 289 g/mol. The standard InChI is InChI=1S/C16H23N3S/c1-3-8-17-9-14-4-6-15(7-5-14)10-19(2)11-16-12-20-13-18-16/h4-7,12-13,17H,3,8-11H2,1-2H3. The van der Waals surface area contributed by atoms with Crippen LogP contribution in [0.3, 0.4) is 0 Å². The monoisotopic (exact) mass is 289 g/mol. The van der Waals surface area contributed by atoms with Gasteiger partial charge in [-0.05, 0) is 31.1 Å². The van der Waals surface area contributed by atoms with E-state index in [2.05, 4.69) is 58.8 Å². The lowest BCUT2D eigenvalue weighted by molar-refractivity contribution is 0.316. The number of nitrogens with zero attached hydrogens (tertiary/aromatic N) is 2. The first-order valence-corrected chi connectivity index (χ1v) is 8.06. The Bertz CT molecular complexity index is 479. The molecule has 0 spiro atoms. The van der Waals surface area contributed by atoms with Crippen LogP contribution in [0.5, 0.6) is 0 Å². The second-order valence-corrected chi connectivity index (χ2v) is 5.86. The van der Waals surface area contributed by atoms with Crippen LogP contribution in [0.2, 0.25) is 0 Å². The Morgan fingerprint density at radius 1 is 1.15 bits per heavy atom. The molecule has 1 aromatic heterocycles. The van der Waals surface area contributed by atoms with Gasteiger partial charge >= 0.3 is 0 Å². The van der Waals surface area contributed by atoms with Gasteiger partial charge in [0.25, 0.3) is 0 Å². The summed E-state index contributed by atoms with van der Waals surface area (Å²) in [5, 5.41) is 5.53. The zero-order valence-electron chi connectivity index (χ0n) is 12.3. The molecule has 20 heavy (non-hydrogen) atoms. The van der Waals surface area contributed by atoms with Crippen LogP contribution in [0.15, 0.2) is 35.2 Å². The quantitative estimate of drug-likeness (QED) is 0.756. The summed E-state index contributed by atoms with van der Waals surface area (Å²) >= 11 is 1.65. The molecular formula is C16H23N3S. The van der Waals surface area contributed by atoms with Gasteiger partial charge in [-0.25, -0.2) is 4.98 Å². The normalized spacial score (nSPS) is 11.2. The molecule has 0 saturated heterocycles. The van der Waals surface area contributed by atoms with Crippen molar-refractivity contribution in [3.63, 3.8) is 0 Å². The molecule has 4 heteroatoms. The first-order valence-electron chi connectivity index (χ1n) is 7.12. The van der Waals surface area contributed by atoms with Crippen molar-refractivity contribution in [2.45, 2.75) is 33.0 Å². The lowest BCUT2D eigenvalue weighted by atomic mass is 10.1. The van der Waals surface area contributed by atoms with Gasteiger partial charge in [0.2, 0.25) is 0 Å². The fraction of sp³-hybridized carbons (Fsp3) is 0.438. The second-order valence-electron chi connectivity index (χ2n) is 5.15. The largest absolute Gasteiger partial charge is 0.313 e. The van der Waals surface area contributed by atoms with Crippen molar-refractivity contribution in [1.82, 2.24) is 15.2 Å². The minimum absolute atomic E-state index is 0.906. The Hall–Kier alpha value is -1.23. The molecule has 0 bridgehead atoms. The van der Waals surface area contributed by atoms with E-state index in [-0.39, 0.29) is 0 Å². The van der Waals surface area contributed by atoms with E-state index in [0.29, 0.717) is 0 Å². The highest BCUT2D eigenvalue weighted by Crippen LogP contribution is 2.10. The molecule has 0 unspecified atom stereocenters. The summed E-state index contributed by atoms with van der Waals surface area (Å²) in [7, 11) is 2.13. The van der Waals surface area contributed by atoms with Gasteiger partial charge in [-0.15, -0.1) is 11.3 Å². The lowest BCUT2D eigenvalue weighted by Crippen LogP contribution is -2.17. The van der Waals surface area contributed by atoms with E-state index in [1.165, 1.54) is 17.5 Å². The van der Waals surface area contributed by atoms with Crippen LogP contribution in [0.1, 0.15) is 30.2 Å². The van der Waals surface area contributed by atoms with E-state index >= 15 is 0 Å². The predicted molar refractivity (Wildman–Crippen MR) is 85.7 cm³/mol. The molecular weight excluding hydrogens is 266 g/mol. The summed E-state index contributed by atoms with van der Waals surface area (Å²) in [6, 6.07) is 8.88. The molecule has 0 aliphatic rings. The highest BCUT2D eigenvalue weighted by Gasteiger charge is 2.03. The van der Waals surface area contributed by atoms with Crippen LogP contribution in [-0.2, 0) is 19.6 Å². The minimum Gasteiger partial charge on any atom is -0.313 e. The maximum atomic E-state index is 4.32. The SMILES string of the molecule is CCCNCc1ccc(CN(C)Cc2cscn2)cc1. The minimum atomic E-state index is 0.906. The molecule has 0 saturated carbocycles. The first-order chi connectivity index (χ1) is 9.78. The van der Waals surface area contributed by atoms with Crippen LogP contribution >= 0.6 is 11.3 Å². The summed E-state index contributed by atoms with van der Waals surface area (Å²) < 4.78 is 0. The van der Waals surface area contributed by atoms with Crippen LogP contribution in [0, 0.1) is 0 Å². The van der Waals surface area contributed by atoms with Gasteiger partial charge in [0, 0.05) is 25.0 Å². The maximum Gasteiger partial charge on any atom is 0.0795 e. The van der Waals surface area contributed by atoms with Crippen molar-refractivity contribution in [2.75, 3.05) is 13.6 Å². The highest BCUT2D eigenvalue weighted by molar-refractivity contribution is 7.07. The molecule has 0 aliphatic carbocycles. The molecule has 0 atom stereocenters. The molecule has 0 aliphatic heterocycles. The van der Waals surface area contributed by atoms with Gasteiger partial charge in [-0.3, -0.25) is 4.90 Å². The third-order valence-corrected chi connectivity index (χ3v) is 3.78. The first kappa shape index (κ1) is 15.2. The Labute approximate surface area is 125 Å².